The molecule has 8 heteroatoms. The summed E-state index contributed by atoms with van der Waals surface area (Å²) in [6.07, 6.45) is 0.301. The van der Waals surface area contributed by atoms with Gasteiger partial charge in [-0.25, -0.2) is 0 Å². The first-order valence-corrected chi connectivity index (χ1v) is 8.46. The van der Waals surface area contributed by atoms with Gasteiger partial charge < -0.3 is 9.84 Å². The predicted molar refractivity (Wildman–Crippen MR) is 95.0 cm³/mol. The van der Waals surface area contributed by atoms with Gasteiger partial charge in [-0.1, -0.05) is 17.3 Å². The van der Waals surface area contributed by atoms with Crippen LogP contribution in [-0.2, 0) is 6.18 Å². The number of hydrogen-bond acceptors (Lipinski definition) is 5. The Balaban J connectivity index is 1.92. The third-order valence-corrected chi connectivity index (χ3v) is 4.75. The van der Waals surface area contributed by atoms with Crippen molar-refractivity contribution >= 4 is 17.0 Å². The lowest BCUT2D eigenvalue weighted by Gasteiger charge is -2.26. The fraction of sp³-hybridized carbons (Fsp3) is 0.316. The summed E-state index contributed by atoms with van der Waals surface area (Å²) >= 11 is 0. The number of alkyl halides is 3. The molecule has 0 saturated carbocycles. The number of halogens is 3. The zero-order valence-electron chi connectivity index (χ0n) is 14.9. The van der Waals surface area contributed by atoms with Gasteiger partial charge in [-0.05, 0) is 44.1 Å². The van der Waals surface area contributed by atoms with Crippen LogP contribution >= 0.6 is 0 Å². The number of nitrogens with zero attached hydrogens (tertiary/aromatic N) is 3. The minimum Gasteiger partial charge on any atom is -0.365 e. The van der Waals surface area contributed by atoms with E-state index >= 15 is 0 Å². The van der Waals surface area contributed by atoms with Crippen LogP contribution in [0.3, 0.4) is 0 Å². The molecule has 2 aromatic rings. The predicted octanol–water partition coefficient (Wildman–Crippen LogP) is 3.94. The number of pyridine rings is 1. The molecule has 3 heterocycles. The molecule has 0 amide bonds. The molecule has 1 N–H and O–H groups in total. The molecule has 1 aliphatic heterocycles. The molecule has 0 spiro atoms. The van der Waals surface area contributed by atoms with E-state index in [9.17, 15) is 13.2 Å². The zero-order chi connectivity index (χ0) is 19.3. The molecule has 27 heavy (non-hydrogen) atoms. The molecule has 1 aliphatic carbocycles. The highest BCUT2D eigenvalue weighted by atomic mass is 19.4. The summed E-state index contributed by atoms with van der Waals surface area (Å²) in [7, 11) is 0. The molecule has 0 fully saturated rings. The average Bonchev–Trinajstić information content (AvgIpc) is 3.14. The van der Waals surface area contributed by atoms with Crippen molar-refractivity contribution < 1.29 is 17.7 Å². The summed E-state index contributed by atoms with van der Waals surface area (Å²) in [6.45, 7) is 5.39. The van der Waals surface area contributed by atoms with Gasteiger partial charge in [0.1, 0.15) is 11.8 Å². The first-order chi connectivity index (χ1) is 12.8. The molecule has 0 saturated heterocycles. The van der Waals surface area contributed by atoms with Gasteiger partial charge in [0, 0.05) is 17.3 Å². The van der Waals surface area contributed by atoms with Gasteiger partial charge in [0.05, 0.1) is 17.6 Å². The Bertz CT molecular complexity index is 981. The lowest BCUT2D eigenvalue weighted by Crippen LogP contribution is -2.35. The number of fused-ring (bicyclic) bond motifs is 1. The Morgan fingerprint density at radius 3 is 2.63 bits per heavy atom. The molecule has 0 bridgehead atoms. The maximum Gasteiger partial charge on any atom is 0.433 e. The van der Waals surface area contributed by atoms with Gasteiger partial charge in [-0.15, -0.1) is 0 Å². The summed E-state index contributed by atoms with van der Waals surface area (Å²) in [6, 6.07) is 2.26. The quantitative estimate of drug-likeness (QED) is 0.865. The van der Waals surface area contributed by atoms with Crippen LogP contribution in [0.2, 0.25) is 0 Å². The standard InChI is InChI=1S/C19H17F3N4O/c1-9-16(10(2)27-26-9)12-7-14(17-15(8-12)24-11(3)25-17)13-5-4-6-23-18(13)19(20,21)22/h4-8,15,17H,1-3H3,(H,24,25). The molecule has 4 rings (SSSR count). The second-order valence-corrected chi connectivity index (χ2v) is 6.65. The van der Waals surface area contributed by atoms with Crippen molar-refractivity contribution in [1.82, 2.24) is 15.5 Å². The minimum absolute atomic E-state index is 0.0395. The van der Waals surface area contributed by atoms with Crippen LogP contribution in [0.25, 0.3) is 11.1 Å². The van der Waals surface area contributed by atoms with E-state index in [0.717, 1.165) is 17.3 Å². The number of nitrogens with one attached hydrogen (secondary N) is 1. The van der Waals surface area contributed by atoms with E-state index in [-0.39, 0.29) is 11.6 Å². The molecule has 5 nitrogen and oxygen atoms in total. The van der Waals surface area contributed by atoms with E-state index in [1.807, 2.05) is 6.08 Å². The van der Waals surface area contributed by atoms with E-state index in [1.54, 1.807) is 26.8 Å². The summed E-state index contributed by atoms with van der Waals surface area (Å²) in [5, 5.41) is 7.18. The number of hydrogen-bond donors (Lipinski definition) is 1. The van der Waals surface area contributed by atoms with Gasteiger partial charge in [0.2, 0.25) is 0 Å². The Morgan fingerprint density at radius 2 is 1.96 bits per heavy atom. The molecule has 0 radical (unpaired) electrons. The number of aromatic nitrogens is 2. The van der Waals surface area contributed by atoms with Crippen molar-refractivity contribution in [3.8, 4) is 0 Å². The SMILES string of the molecule is CC1=NC2C(c3cccnc3C(F)(F)F)=CC(c3c(C)noc3C)=CC2N1. The van der Waals surface area contributed by atoms with Crippen LogP contribution < -0.4 is 5.32 Å². The maximum atomic E-state index is 13.5. The first-order valence-electron chi connectivity index (χ1n) is 8.46. The largest absolute Gasteiger partial charge is 0.433 e. The fourth-order valence-electron chi connectivity index (χ4n) is 3.69. The molecule has 2 aliphatic rings. The number of rotatable bonds is 2. The number of allylic oxidation sites excluding steroid dienone is 2. The first kappa shape index (κ1) is 17.5. The van der Waals surface area contributed by atoms with Crippen molar-refractivity contribution in [1.29, 1.82) is 0 Å². The van der Waals surface area contributed by atoms with Crippen molar-refractivity contribution in [2.45, 2.75) is 39.0 Å². The van der Waals surface area contributed by atoms with Crippen molar-refractivity contribution in [2.75, 3.05) is 0 Å². The summed E-state index contributed by atoms with van der Waals surface area (Å²) in [4.78, 5) is 8.11. The van der Waals surface area contributed by atoms with Crippen molar-refractivity contribution in [3.05, 3.63) is 58.8 Å². The Hall–Kier alpha value is -2.90. The van der Waals surface area contributed by atoms with Gasteiger partial charge in [-0.2, -0.15) is 13.2 Å². The molecule has 2 unspecified atom stereocenters. The van der Waals surface area contributed by atoms with Gasteiger partial charge >= 0.3 is 6.18 Å². The normalized spacial score (nSPS) is 21.9. The third-order valence-electron chi connectivity index (χ3n) is 4.75. The van der Waals surface area contributed by atoms with Gasteiger partial charge in [-0.3, -0.25) is 9.98 Å². The minimum atomic E-state index is -4.55. The number of amidine groups is 1. The summed E-state index contributed by atoms with van der Waals surface area (Å²) in [5.74, 6) is 1.30. The number of aryl methyl sites for hydroxylation is 2. The molecule has 0 aromatic carbocycles. The second-order valence-electron chi connectivity index (χ2n) is 6.65. The van der Waals surface area contributed by atoms with Crippen molar-refractivity contribution in [2.24, 2.45) is 4.99 Å². The van der Waals surface area contributed by atoms with E-state index in [2.05, 4.69) is 20.4 Å². The van der Waals surface area contributed by atoms with Crippen LogP contribution in [0, 0.1) is 13.8 Å². The molecular formula is C19H17F3N4O. The smallest absolute Gasteiger partial charge is 0.365 e. The Morgan fingerprint density at radius 1 is 1.19 bits per heavy atom. The summed E-state index contributed by atoms with van der Waals surface area (Å²) in [5.41, 5.74) is 1.84. The molecule has 140 valence electrons. The van der Waals surface area contributed by atoms with Crippen molar-refractivity contribution in [3.63, 3.8) is 0 Å². The average molecular weight is 374 g/mol. The lowest BCUT2D eigenvalue weighted by molar-refractivity contribution is -0.141. The lowest BCUT2D eigenvalue weighted by atomic mass is 9.84. The van der Waals surface area contributed by atoms with Crippen LogP contribution in [0.15, 0.2) is 40.0 Å². The van der Waals surface area contributed by atoms with E-state index in [4.69, 9.17) is 4.52 Å². The van der Waals surface area contributed by atoms with Gasteiger partial charge in [0.15, 0.2) is 5.69 Å². The zero-order valence-corrected chi connectivity index (χ0v) is 14.9. The highest BCUT2D eigenvalue weighted by molar-refractivity contribution is 5.94. The monoisotopic (exact) mass is 374 g/mol. The van der Waals surface area contributed by atoms with Gasteiger partial charge in [0.25, 0.3) is 0 Å². The van der Waals surface area contributed by atoms with Crippen LogP contribution in [0.4, 0.5) is 13.2 Å². The summed E-state index contributed by atoms with van der Waals surface area (Å²) < 4.78 is 45.9. The Kier molecular flexibility index (Phi) is 3.94. The van der Waals surface area contributed by atoms with E-state index in [0.29, 0.717) is 22.9 Å². The molecule has 2 atom stereocenters. The highest BCUT2D eigenvalue weighted by Gasteiger charge is 2.40. The van der Waals surface area contributed by atoms with E-state index < -0.39 is 17.9 Å². The van der Waals surface area contributed by atoms with Crippen LogP contribution in [0.1, 0.15) is 35.2 Å². The fourth-order valence-corrected chi connectivity index (χ4v) is 3.69. The van der Waals surface area contributed by atoms with Crippen LogP contribution in [-0.4, -0.2) is 28.1 Å². The van der Waals surface area contributed by atoms with E-state index in [1.165, 1.54) is 12.1 Å². The maximum absolute atomic E-state index is 13.5. The van der Waals surface area contributed by atoms with Crippen LogP contribution in [0.5, 0.6) is 0 Å². The topological polar surface area (TPSA) is 63.3 Å². The second kappa shape index (κ2) is 6.07. The number of aliphatic imine (C=N–C) groups is 1. The third kappa shape index (κ3) is 2.94. The molecular weight excluding hydrogens is 357 g/mol. The molecule has 2 aromatic heterocycles. The Labute approximate surface area is 153 Å². The highest BCUT2D eigenvalue weighted by Crippen LogP contribution is 2.41.